The van der Waals surface area contributed by atoms with Gasteiger partial charge in [-0.15, -0.1) is 0 Å². The van der Waals surface area contributed by atoms with Crippen molar-refractivity contribution < 1.29 is 62.1 Å². The molecule has 36 heavy (non-hydrogen) atoms. The van der Waals surface area contributed by atoms with Crippen molar-refractivity contribution in [3.05, 3.63) is 113 Å². The standard InChI is InChI=1S/C12H11P.C8H12N.6CO.2Fe/c1-3-7-11(8-4-1)13-12-9-5-2-6-10-12;1-5-6-7-9-8(2,3)4;6*1-2;;/h1-10,13H;1-4H3;;;;;;;;/q;-1;;;;;;;;. The van der Waals surface area contributed by atoms with E-state index in [2.05, 4.69) is 124 Å². The molecule has 0 unspecified atom stereocenters. The van der Waals surface area contributed by atoms with Gasteiger partial charge in [-0.05, 0) is 31.4 Å². The van der Waals surface area contributed by atoms with Crippen molar-refractivity contribution in [3.63, 3.8) is 0 Å². The fourth-order valence-electron chi connectivity index (χ4n) is 1.46. The summed E-state index contributed by atoms with van der Waals surface area (Å²) in [6, 6.07) is 21.2. The second-order valence-corrected chi connectivity index (χ2v) is 7.03. The van der Waals surface area contributed by atoms with Gasteiger partial charge in [-0.3, -0.25) is 11.1 Å². The van der Waals surface area contributed by atoms with Crippen LogP contribution < -0.4 is 10.6 Å². The second kappa shape index (κ2) is 53.8. The van der Waals surface area contributed by atoms with Crippen molar-refractivity contribution >= 4 is 25.4 Å². The normalized spacial score (nSPS) is 7.11. The molecule has 0 spiro atoms. The maximum Gasteiger partial charge on any atom is 0 e. The summed E-state index contributed by atoms with van der Waals surface area (Å²) in [4.78, 5) is 4.02. The Labute approximate surface area is 237 Å². The van der Waals surface area contributed by atoms with E-state index in [0.29, 0.717) is 0 Å². The summed E-state index contributed by atoms with van der Waals surface area (Å²) in [6.45, 7) is 34.8. The zero-order chi connectivity index (χ0) is 28.3. The van der Waals surface area contributed by atoms with Crippen LogP contribution in [0.5, 0.6) is 0 Å². The Bertz CT molecular complexity index is 755. The first-order valence-electron chi connectivity index (χ1n) is 8.49. The smallest absolute Gasteiger partial charge is 0 e. The molecule has 2 aromatic rings. The van der Waals surface area contributed by atoms with E-state index in [1.165, 1.54) is 10.6 Å². The van der Waals surface area contributed by atoms with Crippen LogP contribution in [0, 0.1) is 52.1 Å². The maximum atomic E-state index is 7.50. The Kier molecular flexibility index (Phi) is 81.6. The minimum absolute atomic E-state index is 0. The largest absolute Gasteiger partial charge is 0.0622 e. The molecule has 0 aliphatic rings. The number of aliphatic imine (C=N–C) groups is 1. The molecule has 7 nitrogen and oxygen atoms in total. The van der Waals surface area contributed by atoms with Gasteiger partial charge in [0, 0.05) is 34.1 Å². The van der Waals surface area contributed by atoms with Crippen LogP contribution in [-0.4, -0.2) is 11.8 Å². The van der Waals surface area contributed by atoms with Crippen LogP contribution in [0.4, 0.5) is 0 Å². The van der Waals surface area contributed by atoms with Gasteiger partial charge in [0.2, 0.25) is 0 Å². The van der Waals surface area contributed by atoms with E-state index in [-0.39, 0.29) is 39.7 Å². The van der Waals surface area contributed by atoms with Gasteiger partial charge in [0.25, 0.3) is 0 Å². The molecule has 0 saturated carbocycles. The molecule has 0 bridgehead atoms. The number of hydrogen-bond donors (Lipinski definition) is 0. The van der Waals surface area contributed by atoms with Crippen molar-refractivity contribution in [2.75, 3.05) is 0 Å². The van der Waals surface area contributed by atoms with Gasteiger partial charge in [-0.1, -0.05) is 76.2 Å². The summed E-state index contributed by atoms with van der Waals surface area (Å²) in [5, 5.41) is 2.79. The molecule has 10 heteroatoms. The summed E-state index contributed by atoms with van der Waals surface area (Å²) in [7, 11) is 0.777. The topological polar surface area (TPSA) is 132 Å². The molecule has 0 N–H and O–H groups in total. The fourth-order valence-corrected chi connectivity index (χ4v) is 2.51. The van der Waals surface area contributed by atoms with Gasteiger partial charge in [-0.2, -0.15) is 0 Å². The van der Waals surface area contributed by atoms with Gasteiger partial charge in [0.15, 0.2) is 0 Å². The number of nitrogens with zero attached hydrogens (tertiary/aromatic N) is 1. The van der Waals surface area contributed by atoms with E-state index in [1.807, 2.05) is 20.8 Å². The van der Waals surface area contributed by atoms with E-state index < -0.39 is 0 Å². The van der Waals surface area contributed by atoms with Crippen LogP contribution in [0.15, 0.2) is 65.7 Å². The van der Waals surface area contributed by atoms with Crippen LogP contribution in [0.3, 0.4) is 0 Å². The van der Waals surface area contributed by atoms with Gasteiger partial charge >= 0.3 is 67.8 Å². The third-order valence-corrected chi connectivity index (χ3v) is 3.65. The second-order valence-electron chi connectivity index (χ2n) is 5.63. The van der Waals surface area contributed by atoms with Gasteiger partial charge in [0.05, 0.1) is 5.54 Å². The quantitative estimate of drug-likeness (QED) is 0.169. The molecule has 0 fully saturated rings. The first-order chi connectivity index (χ1) is 16.5. The van der Waals surface area contributed by atoms with Crippen LogP contribution in [0.25, 0.3) is 0 Å². The molecule has 0 radical (unpaired) electrons. The Morgan fingerprint density at radius 3 is 1.14 bits per heavy atom. The molecule has 2 aromatic carbocycles. The minimum Gasteiger partial charge on any atom is -0.0622 e. The first-order valence-corrected chi connectivity index (χ1v) is 9.49. The predicted molar refractivity (Wildman–Crippen MR) is 123 cm³/mol. The monoisotopic (exact) mass is 588 g/mol. The third kappa shape index (κ3) is 53.2. The molecule has 0 atom stereocenters. The molecule has 0 amide bonds. The molecular formula is C26H23Fe2NO6P-. The number of rotatable bonds is 3. The van der Waals surface area contributed by atoms with Gasteiger partial charge in [-0.25, -0.2) is 6.21 Å². The van der Waals surface area contributed by atoms with Crippen molar-refractivity contribution in [3.8, 4) is 0 Å². The average molecular weight is 588 g/mol. The number of allylic oxidation sites excluding steroid dienone is 2. The molecule has 0 aliphatic carbocycles. The molecule has 0 saturated heterocycles. The Morgan fingerprint density at radius 1 is 0.639 bits per heavy atom. The van der Waals surface area contributed by atoms with E-state index in [1.54, 1.807) is 6.92 Å². The number of benzene rings is 2. The summed E-state index contributed by atoms with van der Waals surface area (Å²) in [5.41, 5.74) is -0.0378. The van der Waals surface area contributed by atoms with Crippen LogP contribution in [0.1, 0.15) is 27.7 Å². The third-order valence-electron chi connectivity index (χ3n) is 2.41. The SMILES string of the molecule is C[C-]=[C-][C+]=NC(C)(C)C.[C-]#[O+].[C-]#[O+].[C-]#[O+].[C-]#[O+].[C-]#[O+].[C-]#[O+].[Fe].[Fe].c1ccc(Pc2ccccc2)cc1. The molecule has 0 aliphatic heterocycles. The summed E-state index contributed by atoms with van der Waals surface area (Å²) in [5.74, 6) is 0. The predicted octanol–water partition coefficient (Wildman–Crippen LogP) is 4.00. The van der Waals surface area contributed by atoms with Crippen LogP contribution in [-0.2, 0) is 62.1 Å². The molecule has 190 valence electrons. The number of hydrogen-bond acceptors (Lipinski definition) is 1. The van der Waals surface area contributed by atoms with E-state index in [9.17, 15) is 0 Å². The zero-order valence-electron chi connectivity index (χ0n) is 19.9. The van der Waals surface area contributed by atoms with E-state index in [0.717, 1.165) is 8.58 Å². The molecular weight excluding hydrogens is 565 g/mol. The van der Waals surface area contributed by atoms with Gasteiger partial charge < -0.3 is 6.08 Å². The van der Waals surface area contributed by atoms with Crippen molar-refractivity contribution in [1.82, 2.24) is 0 Å². The summed E-state index contributed by atoms with van der Waals surface area (Å²) in [6.07, 6.45) is 7.96. The van der Waals surface area contributed by atoms with Gasteiger partial charge in [0.1, 0.15) is 0 Å². The van der Waals surface area contributed by atoms with Crippen molar-refractivity contribution in [2.45, 2.75) is 33.2 Å². The van der Waals surface area contributed by atoms with Crippen LogP contribution >= 0.6 is 8.58 Å². The molecule has 0 aromatic heterocycles. The zero-order valence-corrected chi connectivity index (χ0v) is 23.1. The Balaban J connectivity index is -0.0000000505. The summed E-state index contributed by atoms with van der Waals surface area (Å²) < 4.78 is 45.0. The van der Waals surface area contributed by atoms with Crippen molar-refractivity contribution in [1.29, 1.82) is 0 Å². The van der Waals surface area contributed by atoms with E-state index in [4.69, 9.17) is 27.9 Å². The van der Waals surface area contributed by atoms with E-state index >= 15 is 0 Å². The maximum absolute atomic E-state index is 7.50. The summed E-state index contributed by atoms with van der Waals surface area (Å²) >= 11 is 0. The Morgan fingerprint density at radius 2 is 0.917 bits per heavy atom. The fraction of sp³-hybridized carbons (Fsp3) is 0.192. The average Bonchev–Trinajstić information content (AvgIpc) is 2.92. The first kappa shape index (κ1) is 54.5. The van der Waals surface area contributed by atoms with Crippen LogP contribution in [0.2, 0.25) is 0 Å². The Hall–Kier alpha value is -2.33. The molecule has 0 heterocycles. The van der Waals surface area contributed by atoms with Crippen molar-refractivity contribution in [2.24, 2.45) is 4.99 Å². The minimum atomic E-state index is -0.0378. The molecule has 2 rings (SSSR count).